The van der Waals surface area contributed by atoms with Crippen LogP contribution in [-0.4, -0.2) is 0 Å². The summed E-state index contributed by atoms with van der Waals surface area (Å²) in [6.45, 7) is 1.85. The molecule has 0 radical (unpaired) electrons. The Balaban J connectivity index is 2.17. The van der Waals surface area contributed by atoms with Crippen molar-refractivity contribution in [2.45, 2.75) is 13.0 Å². The van der Waals surface area contributed by atoms with Crippen molar-refractivity contribution in [3.8, 4) is 6.07 Å². The van der Waals surface area contributed by atoms with Crippen molar-refractivity contribution in [1.29, 1.82) is 5.26 Å². The first-order chi connectivity index (χ1) is 9.10. The second kappa shape index (κ2) is 5.49. The Labute approximate surface area is 110 Å². The van der Waals surface area contributed by atoms with Crippen LogP contribution in [0.15, 0.2) is 42.5 Å². The monoisotopic (exact) mass is 258 g/mol. The summed E-state index contributed by atoms with van der Waals surface area (Å²) in [5, 5.41) is 11.7. The van der Waals surface area contributed by atoms with Gasteiger partial charge >= 0.3 is 0 Å². The molecule has 0 bridgehead atoms. The largest absolute Gasteiger partial charge is 0.378 e. The Morgan fingerprint density at radius 2 is 1.95 bits per heavy atom. The highest BCUT2D eigenvalue weighted by atomic mass is 19.1. The lowest BCUT2D eigenvalue weighted by atomic mass is 10.1. The van der Waals surface area contributed by atoms with E-state index in [1.165, 1.54) is 24.3 Å². The number of halogens is 2. The number of nitriles is 1. The number of anilines is 1. The Morgan fingerprint density at radius 3 is 2.58 bits per heavy atom. The van der Waals surface area contributed by atoms with Gasteiger partial charge in [-0.2, -0.15) is 5.26 Å². The molecule has 2 aromatic rings. The van der Waals surface area contributed by atoms with Gasteiger partial charge in [0, 0.05) is 11.7 Å². The van der Waals surface area contributed by atoms with Crippen LogP contribution in [0, 0.1) is 23.0 Å². The van der Waals surface area contributed by atoms with Gasteiger partial charge in [-0.15, -0.1) is 0 Å². The SMILES string of the molecule is CC(Nc1ccc(C#N)c(F)c1)c1cccc(F)c1. The summed E-state index contributed by atoms with van der Waals surface area (Å²) in [7, 11) is 0. The van der Waals surface area contributed by atoms with Crippen LogP contribution in [-0.2, 0) is 0 Å². The van der Waals surface area contributed by atoms with E-state index in [1.807, 2.05) is 6.92 Å². The number of benzene rings is 2. The lowest BCUT2D eigenvalue weighted by Crippen LogP contribution is -2.07. The number of hydrogen-bond acceptors (Lipinski definition) is 2. The molecule has 1 atom stereocenters. The topological polar surface area (TPSA) is 35.8 Å². The molecule has 0 aliphatic carbocycles. The van der Waals surface area contributed by atoms with Crippen molar-refractivity contribution in [2.24, 2.45) is 0 Å². The maximum Gasteiger partial charge on any atom is 0.143 e. The minimum absolute atomic E-state index is 0.00367. The van der Waals surface area contributed by atoms with E-state index in [4.69, 9.17) is 5.26 Å². The molecule has 0 amide bonds. The smallest absolute Gasteiger partial charge is 0.143 e. The van der Waals surface area contributed by atoms with Crippen LogP contribution in [0.3, 0.4) is 0 Å². The molecule has 19 heavy (non-hydrogen) atoms. The lowest BCUT2D eigenvalue weighted by Gasteiger charge is -2.16. The van der Waals surface area contributed by atoms with E-state index in [0.717, 1.165) is 5.56 Å². The molecule has 0 aliphatic rings. The first kappa shape index (κ1) is 13.0. The molecule has 0 spiro atoms. The highest BCUT2D eigenvalue weighted by Gasteiger charge is 2.08. The van der Waals surface area contributed by atoms with Gasteiger partial charge in [0.15, 0.2) is 0 Å². The van der Waals surface area contributed by atoms with Gasteiger partial charge in [0.1, 0.15) is 17.7 Å². The Bertz CT molecular complexity index is 632. The molecular weight excluding hydrogens is 246 g/mol. The van der Waals surface area contributed by atoms with Crippen LogP contribution < -0.4 is 5.32 Å². The Kier molecular flexibility index (Phi) is 3.76. The summed E-state index contributed by atoms with van der Waals surface area (Å²) in [5.41, 5.74) is 1.32. The minimum Gasteiger partial charge on any atom is -0.378 e. The van der Waals surface area contributed by atoms with E-state index < -0.39 is 5.82 Å². The van der Waals surface area contributed by atoms with Gasteiger partial charge in [0.05, 0.1) is 5.56 Å². The molecular formula is C15H12F2N2. The van der Waals surface area contributed by atoms with Gasteiger partial charge in [-0.05, 0) is 42.8 Å². The van der Waals surface area contributed by atoms with Crippen molar-refractivity contribution >= 4 is 5.69 Å². The molecule has 2 aromatic carbocycles. The van der Waals surface area contributed by atoms with Crippen LogP contribution in [0.1, 0.15) is 24.1 Å². The number of nitrogens with one attached hydrogen (secondary N) is 1. The van der Waals surface area contributed by atoms with E-state index in [-0.39, 0.29) is 17.4 Å². The number of hydrogen-bond donors (Lipinski definition) is 1. The second-order valence-corrected chi connectivity index (χ2v) is 4.23. The average Bonchev–Trinajstić information content (AvgIpc) is 2.39. The van der Waals surface area contributed by atoms with Crippen molar-refractivity contribution in [3.05, 3.63) is 65.2 Å². The summed E-state index contributed by atoms with van der Waals surface area (Å²) < 4.78 is 26.6. The molecule has 0 fully saturated rings. The normalized spacial score (nSPS) is 11.7. The van der Waals surface area contributed by atoms with Crippen molar-refractivity contribution < 1.29 is 8.78 Å². The molecule has 0 aliphatic heterocycles. The molecule has 0 saturated carbocycles. The quantitative estimate of drug-likeness (QED) is 0.902. The summed E-state index contributed by atoms with van der Waals surface area (Å²) in [6.07, 6.45) is 0. The van der Waals surface area contributed by atoms with Gasteiger partial charge in [-0.25, -0.2) is 8.78 Å². The molecule has 0 heterocycles. The number of nitrogens with zero attached hydrogens (tertiary/aromatic N) is 1. The lowest BCUT2D eigenvalue weighted by molar-refractivity contribution is 0.621. The summed E-state index contributed by atoms with van der Waals surface area (Å²) in [5.74, 6) is -0.879. The fraction of sp³-hybridized carbons (Fsp3) is 0.133. The third-order valence-electron chi connectivity index (χ3n) is 2.82. The summed E-state index contributed by atoms with van der Waals surface area (Å²) in [6, 6.07) is 12.1. The Hall–Kier alpha value is -2.41. The van der Waals surface area contributed by atoms with Gasteiger partial charge in [-0.3, -0.25) is 0 Å². The standard InChI is InChI=1S/C15H12F2N2/c1-10(11-3-2-4-13(16)7-11)19-14-6-5-12(9-18)15(17)8-14/h2-8,10,19H,1H3. The zero-order valence-corrected chi connectivity index (χ0v) is 10.3. The third kappa shape index (κ3) is 3.08. The predicted molar refractivity (Wildman–Crippen MR) is 69.6 cm³/mol. The van der Waals surface area contributed by atoms with E-state index in [9.17, 15) is 8.78 Å². The minimum atomic E-state index is -0.570. The van der Waals surface area contributed by atoms with Gasteiger partial charge in [-0.1, -0.05) is 12.1 Å². The highest BCUT2D eigenvalue weighted by Crippen LogP contribution is 2.21. The van der Waals surface area contributed by atoms with Gasteiger partial charge in [0.25, 0.3) is 0 Å². The zero-order valence-electron chi connectivity index (χ0n) is 10.3. The fourth-order valence-corrected chi connectivity index (χ4v) is 1.80. The number of rotatable bonds is 3. The van der Waals surface area contributed by atoms with Crippen molar-refractivity contribution in [3.63, 3.8) is 0 Å². The van der Waals surface area contributed by atoms with E-state index in [0.29, 0.717) is 5.69 Å². The van der Waals surface area contributed by atoms with E-state index in [1.54, 1.807) is 24.3 Å². The molecule has 2 nitrogen and oxygen atoms in total. The van der Waals surface area contributed by atoms with Crippen LogP contribution in [0.2, 0.25) is 0 Å². The van der Waals surface area contributed by atoms with Crippen LogP contribution in [0.5, 0.6) is 0 Å². The molecule has 2 rings (SSSR count). The van der Waals surface area contributed by atoms with Crippen molar-refractivity contribution in [1.82, 2.24) is 0 Å². The van der Waals surface area contributed by atoms with E-state index >= 15 is 0 Å². The first-order valence-electron chi connectivity index (χ1n) is 5.82. The molecule has 96 valence electrons. The molecule has 0 saturated heterocycles. The van der Waals surface area contributed by atoms with E-state index in [2.05, 4.69) is 5.32 Å². The Morgan fingerprint density at radius 1 is 1.16 bits per heavy atom. The van der Waals surface area contributed by atoms with Crippen molar-refractivity contribution in [2.75, 3.05) is 5.32 Å². The third-order valence-corrected chi connectivity index (χ3v) is 2.82. The molecule has 1 unspecified atom stereocenters. The first-order valence-corrected chi connectivity index (χ1v) is 5.82. The maximum absolute atomic E-state index is 13.4. The summed E-state index contributed by atoms with van der Waals surface area (Å²) >= 11 is 0. The van der Waals surface area contributed by atoms with Gasteiger partial charge < -0.3 is 5.32 Å². The molecule has 0 aromatic heterocycles. The van der Waals surface area contributed by atoms with Crippen LogP contribution in [0.4, 0.5) is 14.5 Å². The molecule has 4 heteroatoms. The predicted octanol–water partition coefficient (Wildman–Crippen LogP) is 4.01. The zero-order chi connectivity index (χ0) is 13.8. The average molecular weight is 258 g/mol. The maximum atomic E-state index is 13.4. The molecule has 1 N–H and O–H groups in total. The van der Waals surface area contributed by atoms with Gasteiger partial charge in [0.2, 0.25) is 0 Å². The van der Waals surface area contributed by atoms with Crippen LogP contribution >= 0.6 is 0 Å². The van der Waals surface area contributed by atoms with Crippen LogP contribution in [0.25, 0.3) is 0 Å². The fourth-order valence-electron chi connectivity index (χ4n) is 1.80. The summed E-state index contributed by atoms with van der Waals surface area (Å²) in [4.78, 5) is 0. The second-order valence-electron chi connectivity index (χ2n) is 4.23. The highest BCUT2D eigenvalue weighted by molar-refractivity contribution is 5.49.